The molecule has 2 aromatic rings. The fraction of sp³-hybridized carbons (Fsp3) is 0.357. The second kappa shape index (κ2) is 5.12. The van der Waals surface area contributed by atoms with E-state index >= 15 is 0 Å². The summed E-state index contributed by atoms with van der Waals surface area (Å²) in [6.45, 7) is 5.41. The van der Waals surface area contributed by atoms with Gasteiger partial charge in [0, 0.05) is 23.8 Å². The zero-order chi connectivity index (χ0) is 13.1. The Morgan fingerprint density at radius 3 is 2.89 bits per heavy atom. The fourth-order valence-electron chi connectivity index (χ4n) is 2.03. The molecule has 18 heavy (non-hydrogen) atoms. The van der Waals surface area contributed by atoms with E-state index in [0.717, 1.165) is 24.0 Å². The smallest absolute Gasteiger partial charge is 0.170 e. The van der Waals surface area contributed by atoms with Crippen LogP contribution in [0.15, 0.2) is 35.6 Å². The molecule has 0 saturated carbocycles. The molecule has 0 bridgehead atoms. The van der Waals surface area contributed by atoms with E-state index in [2.05, 4.69) is 35.8 Å². The highest BCUT2D eigenvalue weighted by Crippen LogP contribution is 2.19. The molecule has 4 heteroatoms. The van der Waals surface area contributed by atoms with Crippen LogP contribution in [0.1, 0.15) is 25.8 Å². The van der Waals surface area contributed by atoms with Crippen molar-refractivity contribution < 1.29 is 5.21 Å². The summed E-state index contributed by atoms with van der Waals surface area (Å²) in [5, 5.41) is 12.9. The number of nitrogens with two attached hydrogens (primary N) is 1. The van der Waals surface area contributed by atoms with Gasteiger partial charge in [0.2, 0.25) is 0 Å². The highest BCUT2D eigenvalue weighted by Gasteiger charge is 2.07. The summed E-state index contributed by atoms with van der Waals surface area (Å²) < 4.78 is 2.22. The molecular formula is C14H19N3O. The molecule has 0 saturated heterocycles. The molecule has 0 aliphatic rings. The first kappa shape index (κ1) is 12.5. The molecule has 0 fully saturated rings. The SMILES string of the molecule is CCC(C)Cn1ccc2ccc(/C(N)=N/O)cc21. The topological polar surface area (TPSA) is 63.5 Å². The second-order valence-electron chi connectivity index (χ2n) is 4.74. The van der Waals surface area contributed by atoms with Crippen LogP contribution in [-0.4, -0.2) is 15.6 Å². The minimum absolute atomic E-state index is 0.146. The van der Waals surface area contributed by atoms with E-state index in [0.29, 0.717) is 5.92 Å². The van der Waals surface area contributed by atoms with Crippen LogP contribution in [0.5, 0.6) is 0 Å². The van der Waals surface area contributed by atoms with E-state index in [1.807, 2.05) is 18.2 Å². The predicted molar refractivity (Wildman–Crippen MR) is 73.9 cm³/mol. The number of oxime groups is 1. The second-order valence-corrected chi connectivity index (χ2v) is 4.74. The number of rotatable bonds is 4. The molecular weight excluding hydrogens is 226 g/mol. The van der Waals surface area contributed by atoms with Gasteiger partial charge in [-0.05, 0) is 23.4 Å². The lowest BCUT2D eigenvalue weighted by atomic mass is 10.1. The van der Waals surface area contributed by atoms with Gasteiger partial charge in [-0.15, -0.1) is 0 Å². The quantitative estimate of drug-likeness (QED) is 0.376. The first-order valence-electron chi connectivity index (χ1n) is 6.22. The number of fused-ring (bicyclic) bond motifs is 1. The van der Waals surface area contributed by atoms with Crippen LogP contribution >= 0.6 is 0 Å². The summed E-state index contributed by atoms with van der Waals surface area (Å²) in [7, 11) is 0. The minimum atomic E-state index is 0.146. The Morgan fingerprint density at radius 1 is 1.44 bits per heavy atom. The molecule has 1 aromatic carbocycles. The lowest BCUT2D eigenvalue weighted by molar-refractivity contribution is 0.318. The summed E-state index contributed by atoms with van der Waals surface area (Å²) >= 11 is 0. The molecule has 1 aromatic heterocycles. The third kappa shape index (κ3) is 2.32. The molecule has 0 radical (unpaired) electrons. The van der Waals surface area contributed by atoms with E-state index in [1.54, 1.807) is 0 Å². The Morgan fingerprint density at radius 2 is 2.22 bits per heavy atom. The Hall–Kier alpha value is -1.97. The van der Waals surface area contributed by atoms with Crippen molar-refractivity contribution in [1.82, 2.24) is 4.57 Å². The van der Waals surface area contributed by atoms with E-state index in [4.69, 9.17) is 10.9 Å². The van der Waals surface area contributed by atoms with Gasteiger partial charge < -0.3 is 15.5 Å². The third-order valence-corrected chi connectivity index (χ3v) is 3.38. The molecule has 0 aliphatic carbocycles. The number of hydrogen-bond donors (Lipinski definition) is 2. The molecule has 96 valence electrons. The van der Waals surface area contributed by atoms with Crippen molar-refractivity contribution >= 4 is 16.7 Å². The van der Waals surface area contributed by atoms with Gasteiger partial charge in [0.25, 0.3) is 0 Å². The number of aromatic nitrogens is 1. The molecule has 0 amide bonds. The molecule has 0 aliphatic heterocycles. The number of nitrogens with zero attached hydrogens (tertiary/aromatic N) is 2. The average Bonchev–Trinajstić information content (AvgIpc) is 2.80. The Labute approximate surface area is 107 Å². The van der Waals surface area contributed by atoms with Crippen LogP contribution in [0, 0.1) is 5.92 Å². The van der Waals surface area contributed by atoms with E-state index < -0.39 is 0 Å². The summed E-state index contributed by atoms with van der Waals surface area (Å²) in [4.78, 5) is 0. The van der Waals surface area contributed by atoms with Crippen LogP contribution < -0.4 is 5.73 Å². The van der Waals surface area contributed by atoms with Crippen LogP contribution in [0.4, 0.5) is 0 Å². The molecule has 4 nitrogen and oxygen atoms in total. The first-order valence-corrected chi connectivity index (χ1v) is 6.22. The Bertz CT molecular complexity index is 571. The van der Waals surface area contributed by atoms with Crippen LogP contribution in [-0.2, 0) is 6.54 Å². The first-order chi connectivity index (χ1) is 8.65. The van der Waals surface area contributed by atoms with Crippen molar-refractivity contribution in [2.45, 2.75) is 26.8 Å². The van der Waals surface area contributed by atoms with Gasteiger partial charge in [0.1, 0.15) is 0 Å². The van der Waals surface area contributed by atoms with Gasteiger partial charge in [-0.2, -0.15) is 0 Å². The van der Waals surface area contributed by atoms with Crippen LogP contribution in [0.3, 0.4) is 0 Å². The van der Waals surface area contributed by atoms with Gasteiger partial charge >= 0.3 is 0 Å². The lowest BCUT2D eigenvalue weighted by Crippen LogP contribution is -2.13. The van der Waals surface area contributed by atoms with Gasteiger partial charge in [0.05, 0.1) is 0 Å². The van der Waals surface area contributed by atoms with Crippen molar-refractivity contribution in [3.05, 3.63) is 36.0 Å². The van der Waals surface area contributed by atoms with E-state index in [9.17, 15) is 0 Å². The summed E-state index contributed by atoms with van der Waals surface area (Å²) in [6, 6.07) is 7.92. The standard InChI is InChI=1S/C14H19N3O/c1-3-10(2)9-17-7-6-11-4-5-12(8-13(11)17)14(15)16-18/h4-8,10,18H,3,9H2,1-2H3,(H2,15,16). The van der Waals surface area contributed by atoms with Gasteiger partial charge in [0.15, 0.2) is 5.84 Å². The number of benzene rings is 1. The molecule has 2 rings (SSSR count). The molecule has 1 unspecified atom stereocenters. The van der Waals surface area contributed by atoms with E-state index in [1.165, 1.54) is 5.39 Å². The number of amidine groups is 1. The molecule has 0 spiro atoms. The van der Waals surface area contributed by atoms with Gasteiger partial charge in [-0.25, -0.2) is 0 Å². The predicted octanol–water partition coefficient (Wildman–Crippen LogP) is 2.78. The van der Waals surface area contributed by atoms with Crippen molar-refractivity contribution in [3.63, 3.8) is 0 Å². The largest absolute Gasteiger partial charge is 0.409 e. The summed E-state index contributed by atoms with van der Waals surface area (Å²) in [6.07, 6.45) is 3.24. The third-order valence-electron chi connectivity index (χ3n) is 3.38. The van der Waals surface area contributed by atoms with Crippen molar-refractivity contribution in [1.29, 1.82) is 0 Å². The van der Waals surface area contributed by atoms with Crippen molar-refractivity contribution in [3.8, 4) is 0 Å². The minimum Gasteiger partial charge on any atom is -0.409 e. The highest BCUT2D eigenvalue weighted by molar-refractivity contribution is 6.00. The maximum atomic E-state index is 8.72. The molecule has 1 atom stereocenters. The van der Waals surface area contributed by atoms with Crippen molar-refractivity contribution in [2.24, 2.45) is 16.8 Å². The zero-order valence-electron chi connectivity index (χ0n) is 10.8. The van der Waals surface area contributed by atoms with Crippen molar-refractivity contribution in [2.75, 3.05) is 0 Å². The normalized spacial score (nSPS) is 14.0. The average molecular weight is 245 g/mol. The number of hydrogen-bond acceptors (Lipinski definition) is 2. The van der Waals surface area contributed by atoms with Gasteiger partial charge in [-0.3, -0.25) is 0 Å². The highest BCUT2D eigenvalue weighted by atomic mass is 16.4. The summed E-state index contributed by atoms with van der Waals surface area (Å²) in [5.74, 6) is 0.779. The lowest BCUT2D eigenvalue weighted by Gasteiger charge is -2.11. The molecule has 3 N–H and O–H groups in total. The van der Waals surface area contributed by atoms with Crippen LogP contribution in [0.2, 0.25) is 0 Å². The van der Waals surface area contributed by atoms with Gasteiger partial charge in [-0.1, -0.05) is 37.6 Å². The Kier molecular flexibility index (Phi) is 3.55. The fourth-order valence-corrected chi connectivity index (χ4v) is 2.03. The van der Waals surface area contributed by atoms with E-state index in [-0.39, 0.29) is 5.84 Å². The Balaban J connectivity index is 2.43. The zero-order valence-corrected chi connectivity index (χ0v) is 10.8. The summed E-state index contributed by atoms with van der Waals surface area (Å²) in [5.41, 5.74) is 7.49. The maximum Gasteiger partial charge on any atom is 0.170 e. The van der Waals surface area contributed by atoms with Crippen LogP contribution in [0.25, 0.3) is 10.9 Å². The monoisotopic (exact) mass is 245 g/mol. The molecule has 1 heterocycles. The maximum absolute atomic E-state index is 8.72.